The molecular formula is C62H80BF20N. The predicted molar refractivity (Wildman–Crippen MR) is 290 cm³/mol. The van der Waals surface area contributed by atoms with E-state index in [1.165, 1.54) is 225 Å². The fraction of sp³-hybridized carbons (Fsp3) is 0.613. The van der Waals surface area contributed by atoms with Crippen molar-refractivity contribution in [3.05, 3.63) is 116 Å². The Morgan fingerprint density at radius 1 is 0.179 bits per heavy atom. The Morgan fingerprint density at radius 2 is 0.298 bits per heavy atom. The molecule has 4 rings (SSSR count). The summed E-state index contributed by atoms with van der Waals surface area (Å²) in [6, 6.07) is 0. The summed E-state index contributed by atoms with van der Waals surface area (Å²) in [6.45, 7) is 11.3. The zero-order chi connectivity index (χ0) is 62.7. The van der Waals surface area contributed by atoms with Gasteiger partial charge >= 0.3 is 0 Å². The van der Waals surface area contributed by atoms with Crippen molar-refractivity contribution in [2.75, 3.05) is 19.6 Å². The van der Waals surface area contributed by atoms with Crippen molar-refractivity contribution < 1.29 is 92.7 Å². The first-order chi connectivity index (χ1) is 40.0. The highest BCUT2D eigenvalue weighted by Gasteiger charge is 2.52. The molecule has 0 saturated heterocycles. The Kier molecular flexibility index (Phi) is 33.3. The fourth-order valence-corrected chi connectivity index (χ4v) is 11.2. The quantitative estimate of drug-likeness (QED) is 0.0149. The van der Waals surface area contributed by atoms with E-state index < -0.39 is 144 Å². The number of unbranched alkanes of at least 4 members (excludes halogenated alkanes) is 29. The summed E-state index contributed by atoms with van der Waals surface area (Å²) in [5, 5.41) is 0. The molecule has 1 nitrogen and oxygen atoms in total. The maximum absolute atomic E-state index is 15.4. The van der Waals surface area contributed by atoms with Crippen molar-refractivity contribution in [3.63, 3.8) is 0 Å². The minimum absolute atomic E-state index is 1.37. The number of benzene rings is 4. The summed E-state index contributed by atoms with van der Waals surface area (Å²) >= 11 is 0. The van der Waals surface area contributed by atoms with Crippen molar-refractivity contribution in [1.82, 2.24) is 0 Å². The topological polar surface area (TPSA) is 4.44 Å². The molecule has 476 valence electrons. The zero-order valence-electron chi connectivity index (χ0n) is 48.4. The Hall–Kier alpha value is -4.50. The molecule has 84 heavy (non-hydrogen) atoms. The van der Waals surface area contributed by atoms with Crippen molar-refractivity contribution in [3.8, 4) is 0 Å². The van der Waals surface area contributed by atoms with Crippen LogP contribution in [-0.2, 0) is 0 Å². The van der Waals surface area contributed by atoms with Gasteiger partial charge in [-0.3, -0.25) is 0 Å². The van der Waals surface area contributed by atoms with Crippen LogP contribution in [0.5, 0.6) is 0 Å². The van der Waals surface area contributed by atoms with Gasteiger partial charge in [-0.05, 0) is 38.5 Å². The summed E-state index contributed by atoms with van der Waals surface area (Å²) in [5.74, 6) is -71.4. The predicted octanol–water partition coefficient (Wildman–Crippen LogP) is 18.3. The molecule has 0 spiro atoms. The SMILES string of the molecule is CCCCCCCCCCCCCCCCCC[NH+](CCCCCCCCCC)CCCCCCCCCC.Fc1c(F)c(F)c([B-](c2c(F)c(F)c(F)c(F)c2F)(c2c(F)c(F)c(F)c(F)c2F)c2c(F)c(F)c(F)c(F)c2F)c(F)c1F. The zero-order valence-corrected chi connectivity index (χ0v) is 48.4. The van der Waals surface area contributed by atoms with E-state index in [0.29, 0.717) is 0 Å². The van der Waals surface area contributed by atoms with Gasteiger partial charge in [0.1, 0.15) is 52.7 Å². The summed E-state index contributed by atoms with van der Waals surface area (Å²) in [7, 11) is 0. The lowest BCUT2D eigenvalue weighted by molar-refractivity contribution is -0.900. The second kappa shape index (κ2) is 37.9. The molecule has 0 aliphatic rings. The number of hydrogen-bond acceptors (Lipinski definition) is 0. The van der Waals surface area contributed by atoms with Crippen LogP contribution in [0.15, 0.2) is 0 Å². The summed E-state index contributed by atoms with van der Waals surface area (Å²) in [6.07, 6.45) is 39.7. The number of rotatable bonds is 39. The molecule has 4 aromatic carbocycles. The third-order valence-corrected chi connectivity index (χ3v) is 15.9. The molecular weight excluding hydrogens is 1150 g/mol. The first kappa shape index (κ1) is 73.8. The van der Waals surface area contributed by atoms with E-state index in [1.807, 2.05) is 4.90 Å². The summed E-state index contributed by atoms with van der Waals surface area (Å²) < 4.78 is 294. The number of nitrogens with one attached hydrogen (secondary N) is 1. The smallest absolute Gasteiger partial charge is 0.200 e. The van der Waals surface area contributed by atoms with E-state index in [4.69, 9.17) is 0 Å². The molecule has 0 atom stereocenters. The van der Waals surface area contributed by atoms with Crippen LogP contribution in [0.25, 0.3) is 0 Å². The molecule has 4 aromatic rings. The summed E-state index contributed by atoms with van der Waals surface area (Å²) in [5.41, 5.74) is -14.3. The van der Waals surface area contributed by atoms with E-state index in [2.05, 4.69) is 20.8 Å². The van der Waals surface area contributed by atoms with Gasteiger partial charge in [0.25, 0.3) is 0 Å². The van der Waals surface area contributed by atoms with Gasteiger partial charge < -0.3 is 4.90 Å². The number of halogens is 20. The first-order valence-electron chi connectivity index (χ1n) is 30.1. The Bertz CT molecular complexity index is 2250. The minimum atomic E-state index is -7.22. The van der Waals surface area contributed by atoms with E-state index >= 15 is 35.1 Å². The van der Waals surface area contributed by atoms with Crippen LogP contribution in [-0.4, -0.2) is 25.8 Å². The largest absolute Gasteiger partial charge is 0.335 e. The van der Waals surface area contributed by atoms with Crippen molar-refractivity contribution in [2.45, 2.75) is 226 Å². The maximum atomic E-state index is 15.4. The van der Waals surface area contributed by atoms with Crippen LogP contribution in [0, 0.1) is 116 Å². The number of hydrogen-bond donors (Lipinski definition) is 1. The van der Waals surface area contributed by atoms with Gasteiger partial charge in [0, 0.05) is 0 Å². The van der Waals surface area contributed by atoms with Crippen LogP contribution >= 0.6 is 0 Å². The van der Waals surface area contributed by atoms with E-state index in [-0.39, 0.29) is 0 Å². The highest BCUT2D eigenvalue weighted by Crippen LogP contribution is 2.31. The highest BCUT2D eigenvalue weighted by atomic mass is 19.2. The molecule has 0 bridgehead atoms. The van der Waals surface area contributed by atoms with Crippen LogP contribution in [0.3, 0.4) is 0 Å². The first-order valence-corrected chi connectivity index (χ1v) is 30.1. The fourth-order valence-electron chi connectivity index (χ4n) is 11.2. The Morgan fingerprint density at radius 3 is 0.440 bits per heavy atom. The standard InChI is InChI=1S/C38H79N.C24BF20/c1-4-7-10-13-16-19-20-21-22-23-24-25-26-29-32-35-38-39(36-33-30-27-17-14-11-8-5-2)37-34-31-28-18-15-12-9-6-3;26-5-1(6(27)14(35)21(42)13(5)34)25(2-7(28)15(36)22(43)16(37)8(2)29,3-9(30)17(38)23(44)18(39)10(3)31)4-11(32)19(40)24(45)20(41)12(4)33/h4-38H2,1-3H3;/q;-1/p+1. The average molecular weight is 1230 g/mol. The third kappa shape index (κ3) is 19.3. The van der Waals surface area contributed by atoms with Gasteiger partial charge in [-0.1, -0.05) is 188 Å². The molecule has 0 aliphatic heterocycles. The lowest BCUT2D eigenvalue weighted by Gasteiger charge is -2.44. The lowest BCUT2D eigenvalue weighted by Crippen LogP contribution is -3.12. The monoisotopic (exact) mass is 1230 g/mol. The van der Waals surface area contributed by atoms with Gasteiger partial charge in [0.2, 0.25) is 0 Å². The molecule has 0 heterocycles. The second-order valence-electron chi connectivity index (χ2n) is 22.1. The molecule has 22 heteroatoms. The van der Waals surface area contributed by atoms with Crippen molar-refractivity contribution in [1.29, 1.82) is 0 Å². The third-order valence-electron chi connectivity index (χ3n) is 15.9. The molecule has 0 radical (unpaired) electrons. The van der Waals surface area contributed by atoms with Crippen LogP contribution in [0.1, 0.15) is 226 Å². The van der Waals surface area contributed by atoms with Crippen LogP contribution in [0.4, 0.5) is 87.8 Å². The molecule has 0 aromatic heterocycles. The van der Waals surface area contributed by atoms with Gasteiger partial charge in [-0.15, -0.1) is 21.9 Å². The minimum Gasteiger partial charge on any atom is -0.335 e. The summed E-state index contributed by atoms with van der Waals surface area (Å²) in [4.78, 5) is 1.94. The van der Waals surface area contributed by atoms with E-state index in [9.17, 15) is 52.7 Å². The van der Waals surface area contributed by atoms with E-state index in [0.717, 1.165) is 0 Å². The lowest BCUT2D eigenvalue weighted by atomic mass is 9.12. The van der Waals surface area contributed by atoms with Gasteiger partial charge in [0.05, 0.1) is 19.6 Å². The average Bonchev–Trinajstić information content (AvgIpc) is 0.821. The van der Waals surface area contributed by atoms with Crippen molar-refractivity contribution in [2.24, 2.45) is 0 Å². The van der Waals surface area contributed by atoms with Crippen molar-refractivity contribution >= 4 is 28.0 Å². The van der Waals surface area contributed by atoms with Gasteiger partial charge in [-0.2, -0.15) is 0 Å². The molecule has 1 N–H and O–H groups in total. The Balaban J connectivity index is 0.000000446. The number of quaternary nitrogens is 1. The van der Waals surface area contributed by atoms with Gasteiger partial charge in [-0.25, -0.2) is 87.8 Å². The van der Waals surface area contributed by atoms with E-state index in [1.54, 1.807) is 0 Å². The molecule has 0 saturated carbocycles. The Labute approximate surface area is 481 Å². The molecule has 0 aliphatic carbocycles. The van der Waals surface area contributed by atoms with Gasteiger partial charge in [0.15, 0.2) is 69.8 Å². The second-order valence-corrected chi connectivity index (χ2v) is 22.1. The van der Waals surface area contributed by atoms with Crippen LogP contribution in [0.2, 0.25) is 0 Å². The molecule has 0 fully saturated rings. The highest BCUT2D eigenvalue weighted by molar-refractivity contribution is 7.20. The van der Waals surface area contributed by atoms with Crippen LogP contribution < -0.4 is 26.8 Å². The molecule has 0 amide bonds. The molecule has 0 unspecified atom stereocenters. The normalized spacial score (nSPS) is 11.9. The maximum Gasteiger partial charge on any atom is 0.200 e.